The van der Waals surface area contributed by atoms with Crippen molar-refractivity contribution in [2.75, 3.05) is 0 Å². The van der Waals surface area contributed by atoms with Gasteiger partial charge in [-0.3, -0.25) is 0 Å². The first-order valence-corrected chi connectivity index (χ1v) is 5.59. The van der Waals surface area contributed by atoms with Crippen LogP contribution in [0.1, 0.15) is 25.2 Å². The SMILES string of the molecule is C=C/C=C\c1cc2cccc(C)c2o1.CC. The second-order valence-corrected chi connectivity index (χ2v) is 3.24. The first-order valence-electron chi connectivity index (χ1n) is 5.59. The summed E-state index contributed by atoms with van der Waals surface area (Å²) in [5.74, 6) is 0.870. The topological polar surface area (TPSA) is 13.1 Å². The Morgan fingerprint density at radius 1 is 1.25 bits per heavy atom. The van der Waals surface area contributed by atoms with E-state index in [9.17, 15) is 0 Å². The number of aryl methyl sites for hydroxylation is 1. The fraction of sp³-hybridized carbons (Fsp3) is 0.200. The van der Waals surface area contributed by atoms with E-state index in [2.05, 4.69) is 12.6 Å². The third-order valence-electron chi connectivity index (χ3n) is 2.16. The average Bonchev–Trinajstić information content (AvgIpc) is 2.73. The molecule has 2 rings (SSSR count). The summed E-state index contributed by atoms with van der Waals surface area (Å²) in [6.07, 6.45) is 5.51. The van der Waals surface area contributed by atoms with Gasteiger partial charge in [0.1, 0.15) is 11.3 Å². The largest absolute Gasteiger partial charge is 0.456 e. The van der Waals surface area contributed by atoms with Crippen LogP contribution in [-0.2, 0) is 0 Å². The van der Waals surface area contributed by atoms with Crippen molar-refractivity contribution in [2.24, 2.45) is 0 Å². The summed E-state index contributed by atoms with van der Waals surface area (Å²) in [5, 5.41) is 1.15. The molecule has 16 heavy (non-hydrogen) atoms. The molecule has 1 aromatic carbocycles. The first kappa shape index (κ1) is 12.3. The molecule has 84 valence electrons. The van der Waals surface area contributed by atoms with Gasteiger partial charge in [-0.05, 0) is 24.6 Å². The zero-order chi connectivity index (χ0) is 12.0. The fourth-order valence-corrected chi connectivity index (χ4v) is 1.47. The van der Waals surface area contributed by atoms with Crippen LogP contribution in [0.25, 0.3) is 17.0 Å². The summed E-state index contributed by atoms with van der Waals surface area (Å²) in [7, 11) is 0. The van der Waals surface area contributed by atoms with Gasteiger partial charge in [0.05, 0.1) is 0 Å². The van der Waals surface area contributed by atoms with Crippen LogP contribution in [0.15, 0.2) is 47.4 Å². The van der Waals surface area contributed by atoms with Crippen molar-refractivity contribution < 1.29 is 4.42 Å². The molecule has 1 heterocycles. The Bertz CT molecular complexity index is 489. The van der Waals surface area contributed by atoms with Crippen molar-refractivity contribution in [3.8, 4) is 0 Å². The van der Waals surface area contributed by atoms with Crippen molar-refractivity contribution in [1.29, 1.82) is 0 Å². The molecular weight excluding hydrogens is 196 g/mol. The number of para-hydroxylation sites is 1. The van der Waals surface area contributed by atoms with E-state index < -0.39 is 0 Å². The normalized spacial score (nSPS) is 10.2. The minimum Gasteiger partial charge on any atom is -0.456 e. The lowest BCUT2D eigenvalue weighted by atomic mass is 10.2. The number of fused-ring (bicyclic) bond motifs is 1. The van der Waals surface area contributed by atoms with Gasteiger partial charge in [0.25, 0.3) is 0 Å². The van der Waals surface area contributed by atoms with Crippen molar-refractivity contribution in [2.45, 2.75) is 20.8 Å². The van der Waals surface area contributed by atoms with E-state index in [0.29, 0.717) is 0 Å². The lowest BCUT2D eigenvalue weighted by molar-refractivity contribution is 0.602. The Morgan fingerprint density at radius 3 is 2.62 bits per heavy atom. The van der Waals surface area contributed by atoms with Crippen LogP contribution in [0.3, 0.4) is 0 Å². The maximum Gasteiger partial charge on any atom is 0.137 e. The highest BCUT2D eigenvalue weighted by Gasteiger charge is 2.02. The molecule has 0 fully saturated rings. The molecule has 1 heteroatoms. The number of hydrogen-bond acceptors (Lipinski definition) is 1. The Hall–Kier alpha value is -1.76. The molecule has 0 spiro atoms. The van der Waals surface area contributed by atoms with Gasteiger partial charge in [-0.2, -0.15) is 0 Å². The maximum absolute atomic E-state index is 5.67. The van der Waals surface area contributed by atoms with Gasteiger partial charge in [0.2, 0.25) is 0 Å². The van der Waals surface area contributed by atoms with Crippen LogP contribution < -0.4 is 0 Å². The molecule has 0 saturated heterocycles. The second-order valence-electron chi connectivity index (χ2n) is 3.24. The van der Waals surface area contributed by atoms with Gasteiger partial charge in [0, 0.05) is 5.39 Å². The van der Waals surface area contributed by atoms with Crippen LogP contribution in [0.5, 0.6) is 0 Å². The van der Waals surface area contributed by atoms with Crippen LogP contribution >= 0.6 is 0 Å². The standard InChI is InChI=1S/C13H12O.C2H6/c1-3-4-8-12-9-11-7-5-6-10(2)13(11)14-12;1-2/h3-9H,1H2,2H3;1-2H3/b8-4-;. The highest BCUT2D eigenvalue weighted by Crippen LogP contribution is 2.23. The molecule has 0 aliphatic heterocycles. The summed E-state index contributed by atoms with van der Waals surface area (Å²) in [6.45, 7) is 9.67. The minimum atomic E-state index is 0.870. The van der Waals surface area contributed by atoms with Gasteiger partial charge in [-0.1, -0.05) is 50.8 Å². The van der Waals surface area contributed by atoms with Gasteiger partial charge >= 0.3 is 0 Å². The van der Waals surface area contributed by atoms with E-state index >= 15 is 0 Å². The molecule has 0 aliphatic rings. The summed E-state index contributed by atoms with van der Waals surface area (Å²) in [5.41, 5.74) is 2.14. The Labute approximate surface area is 97.1 Å². The van der Waals surface area contributed by atoms with Crippen LogP contribution in [0.4, 0.5) is 0 Å². The predicted octanol–water partition coefficient (Wildman–Crippen LogP) is 4.97. The van der Waals surface area contributed by atoms with Gasteiger partial charge in [-0.25, -0.2) is 0 Å². The van der Waals surface area contributed by atoms with E-state index in [1.54, 1.807) is 6.08 Å². The lowest BCUT2D eigenvalue weighted by Crippen LogP contribution is -1.69. The quantitative estimate of drug-likeness (QED) is 0.643. The maximum atomic E-state index is 5.67. The Kier molecular flexibility index (Phi) is 4.59. The summed E-state index contributed by atoms with van der Waals surface area (Å²) < 4.78 is 5.67. The van der Waals surface area contributed by atoms with E-state index in [0.717, 1.165) is 16.7 Å². The smallest absolute Gasteiger partial charge is 0.137 e. The van der Waals surface area contributed by atoms with E-state index in [-0.39, 0.29) is 0 Å². The van der Waals surface area contributed by atoms with Crippen molar-refractivity contribution in [1.82, 2.24) is 0 Å². The van der Waals surface area contributed by atoms with Gasteiger partial charge in [0.15, 0.2) is 0 Å². The summed E-state index contributed by atoms with van der Waals surface area (Å²) in [6, 6.07) is 8.17. The molecule has 0 N–H and O–H groups in total. The lowest BCUT2D eigenvalue weighted by Gasteiger charge is -1.91. The van der Waals surface area contributed by atoms with Crippen molar-refractivity contribution in [3.63, 3.8) is 0 Å². The zero-order valence-corrected chi connectivity index (χ0v) is 10.2. The molecule has 2 aromatic rings. The predicted molar refractivity (Wildman–Crippen MR) is 71.5 cm³/mol. The molecule has 1 aromatic heterocycles. The number of rotatable bonds is 2. The molecule has 0 bridgehead atoms. The monoisotopic (exact) mass is 214 g/mol. The van der Waals surface area contributed by atoms with Gasteiger partial charge in [-0.15, -0.1) is 0 Å². The van der Waals surface area contributed by atoms with Crippen LogP contribution in [0.2, 0.25) is 0 Å². The molecule has 0 atom stereocenters. The minimum absolute atomic E-state index is 0.870. The number of furan rings is 1. The van der Waals surface area contributed by atoms with Crippen molar-refractivity contribution in [3.05, 3.63) is 54.3 Å². The van der Waals surface area contributed by atoms with Crippen molar-refractivity contribution >= 4 is 17.0 Å². The fourth-order valence-electron chi connectivity index (χ4n) is 1.47. The average molecular weight is 214 g/mol. The first-order chi connectivity index (χ1) is 7.81. The summed E-state index contributed by atoms with van der Waals surface area (Å²) in [4.78, 5) is 0. The Morgan fingerprint density at radius 2 is 2.00 bits per heavy atom. The molecular formula is C15H18O. The number of hydrogen-bond donors (Lipinski definition) is 0. The summed E-state index contributed by atoms with van der Waals surface area (Å²) >= 11 is 0. The van der Waals surface area contributed by atoms with E-state index in [1.807, 2.05) is 51.1 Å². The number of benzene rings is 1. The van der Waals surface area contributed by atoms with Crippen LogP contribution in [-0.4, -0.2) is 0 Å². The van der Waals surface area contributed by atoms with E-state index in [1.165, 1.54) is 5.56 Å². The Balaban J connectivity index is 0.000000606. The second kappa shape index (κ2) is 5.96. The molecule has 0 aliphatic carbocycles. The third kappa shape index (κ3) is 2.63. The third-order valence-corrected chi connectivity index (χ3v) is 2.16. The molecule has 0 saturated carbocycles. The van der Waals surface area contributed by atoms with Crippen LogP contribution in [0, 0.1) is 6.92 Å². The highest BCUT2D eigenvalue weighted by atomic mass is 16.3. The van der Waals surface area contributed by atoms with E-state index in [4.69, 9.17) is 4.42 Å². The molecule has 1 nitrogen and oxygen atoms in total. The van der Waals surface area contributed by atoms with Gasteiger partial charge < -0.3 is 4.42 Å². The molecule has 0 unspecified atom stereocenters. The molecule has 0 amide bonds. The zero-order valence-electron chi connectivity index (χ0n) is 10.2. The number of allylic oxidation sites excluding steroid dienone is 2. The highest BCUT2D eigenvalue weighted by molar-refractivity contribution is 5.82. The molecule has 0 radical (unpaired) electrons.